The third-order valence-electron chi connectivity index (χ3n) is 13.2. The van der Waals surface area contributed by atoms with Gasteiger partial charge in [-0.15, -0.1) is 0 Å². The molecule has 0 aliphatic heterocycles. The Hall–Kier alpha value is -7.16. The molecule has 1 heterocycles. The maximum atomic E-state index is 6.42. The molecule has 0 atom stereocenters. The summed E-state index contributed by atoms with van der Waals surface area (Å²) in [7, 11) is 0. The van der Waals surface area contributed by atoms with E-state index in [0.29, 0.717) is 11.8 Å². The van der Waals surface area contributed by atoms with Crippen LogP contribution in [0.3, 0.4) is 0 Å². The van der Waals surface area contributed by atoms with E-state index in [2.05, 4.69) is 202 Å². The predicted octanol–water partition coefficient (Wildman–Crippen LogP) is 17.3. The van der Waals surface area contributed by atoms with Crippen molar-refractivity contribution in [2.24, 2.45) is 0 Å². The van der Waals surface area contributed by atoms with Gasteiger partial charge in [0, 0.05) is 27.5 Å². The maximum Gasteiger partial charge on any atom is 0.136 e. The molecule has 0 radical (unpaired) electrons. The Morgan fingerprint density at radius 1 is 0.367 bits per heavy atom. The lowest BCUT2D eigenvalue weighted by Gasteiger charge is -2.28. The van der Waals surface area contributed by atoms with E-state index < -0.39 is 0 Å². The van der Waals surface area contributed by atoms with Gasteiger partial charge in [-0.2, -0.15) is 0 Å². The SMILES string of the molecule is CC(C)c1ccc(N(c2ccc(C(C)C)cc2)c2ccc3ccc4c(-c5ccc6c(c5)c5ccccc5c5cc7c(cc65)oc5ccccc57)ccc5ccc2c3c54)cc1. The Bertz CT molecular complexity index is 3590. The van der Waals surface area contributed by atoms with E-state index in [9.17, 15) is 0 Å². The molecule has 2 nitrogen and oxygen atoms in total. The van der Waals surface area contributed by atoms with Crippen LogP contribution in [0.2, 0.25) is 0 Å². The standard InChI is InChI=1S/C58H43NO/c1-34(2)36-13-22-41(23-14-36)59(42-24-15-37(16-25-42)35(3)4)54-30-21-39-18-28-48-43(26-17-38-19-29-49(54)58(39)57(38)48)40-20-27-46-50(31-40)44-9-5-6-10-45(44)51-32-53-47-11-7-8-12-55(47)60-56(53)33-52(46)51/h5-35H,1-4H3. The van der Waals surface area contributed by atoms with Gasteiger partial charge in [-0.3, -0.25) is 0 Å². The molecule has 2 heteroatoms. The number of para-hydroxylation sites is 1. The highest BCUT2D eigenvalue weighted by molar-refractivity contribution is 6.30. The molecule has 1 aromatic heterocycles. The second-order valence-electron chi connectivity index (χ2n) is 17.2. The predicted molar refractivity (Wildman–Crippen MR) is 258 cm³/mol. The molecule has 12 rings (SSSR count). The largest absolute Gasteiger partial charge is 0.456 e. The van der Waals surface area contributed by atoms with Crippen molar-refractivity contribution in [3.8, 4) is 11.1 Å². The fourth-order valence-corrected chi connectivity index (χ4v) is 10.0. The Morgan fingerprint density at radius 2 is 0.883 bits per heavy atom. The van der Waals surface area contributed by atoms with Gasteiger partial charge in [0.25, 0.3) is 0 Å². The summed E-state index contributed by atoms with van der Waals surface area (Å²) in [5.74, 6) is 0.937. The quantitative estimate of drug-likeness (QED) is 0.157. The van der Waals surface area contributed by atoms with E-state index in [-0.39, 0.29) is 0 Å². The van der Waals surface area contributed by atoms with Crippen molar-refractivity contribution >= 4 is 104 Å². The molecule has 12 aromatic rings. The third kappa shape index (κ3) is 5.20. The first-order valence-corrected chi connectivity index (χ1v) is 21.3. The van der Waals surface area contributed by atoms with Crippen molar-refractivity contribution in [2.45, 2.75) is 39.5 Å². The van der Waals surface area contributed by atoms with E-state index in [1.54, 1.807) is 0 Å². The molecule has 0 unspecified atom stereocenters. The summed E-state index contributed by atoms with van der Waals surface area (Å²) in [6.45, 7) is 9.03. The number of fused-ring (bicyclic) bond motifs is 9. The number of furan rings is 1. The topological polar surface area (TPSA) is 16.4 Å². The molecule has 0 aliphatic rings. The highest BCUT2D eigenvalue weighted by atomic mass is 16.3. The summed E-state index contributed by atoms with van der Waals surface area (Å²) in [4.78, 5) is 2.44. The number of nitrogens with zero attached hydrogens (tertiary/aromatic N) is 1. The minimum atomic E-state index is 0.468. The molecule has 0 aliphatic carbocycles. The lowest BCUT2D eigenvalue weighted by atomic mass is 9.87. The third-order valence-corrected chi connectivity index (χ3v) is 13.2. The van der Waals surface area contributed by atoms with Crippen molar-refractivity contribution in [1.29, 1.82) is 0 Å². The Balaban J connectivity index is 1.07. The smallest absolute Gasteiger partial charge is 0.136 e. The number of hydrogen-bond acceptors (Lipinski definition) is 2. The Labute approximate surface area is 349 Å². The van der Waals surface area contributed by atoms with Crippen LogP contribution in [0.5, 0.6) is 0 Å². The second-order valence-corrected chi connectivity index (χ2v) is 17.2. The van der Waals surface area contributed by atoms with Gasteiger partial charge in [0.15, 0.2) is 0 Å². The highest BCUT2D eigenvalue weighted by Crippen LogP contribution is 2.47. The number of hydrogen-bond donors (Lipinski definition) is 0. The zero-order valence-electron chi connectivity index (χ0n) is 34.3. The van der Waals surface area contributed by atoms with Gasteiger partial charge >= 0.3 is 0 Å². The van der Waals surface area contributed by atoms with Crippen LogP contribution in [0, 0.1) is 0 Å². The lowest BCUT2D eigenvalue weighted by molar-refractivity contribution is 0.669. The van der Waals surface area contributed by atoms with Gasteiger partial charge in [-0.1, -0.05) is 149 Å². The molecule has 0 saturated heterocycles. The van der Waals surface area contributed by atoms with E-state index in [4.69, 9.17) is 4.42 Å². The molecule has 0 bridgehead atoms. The van der Waals surface area contributed by atoms with Crippen molar-refractivity contribution in [3.05, 3.63) is 187 Å². The van der Waals surface area contributed by atoms with Crippen LogP contribution in [-0.4, -0.2) is 0 Å². The molecule has 0 fully saturated rings. The Kier molecular flexibility index (Phi) is 7.65. The molecular weight excluding hydrogens is 727 g/mol. The summed E-state index contributed by atoms with van der Waals surface area (Å²) < 4.78 is 6.42. The number of rotatable bonds is 6. The van der Waals surface area contributed by atoms with Gasteiger partial charge in [-0.25, -0.2) is 0 Å². The van der Waals surface area contributed by atoms with Gasteiger partial charge in [-0.05, 0) is 148 Å². The lowest BCUT2D eigenvalue weighted by Crippen LogP contribution is -2.11. The van der Waals surface area contributed by atoms with Crippen molar-refractivity contribution in [3.63, 3.8) is 0 Å². The van der Waals surface area contributed by atoms with Crippen molar-refractivity contribution in [2.75, 3.05) is 4.90 Å². The van der Waals surface area contributed by atoms with Crippen LogP contribution in [0.15, 0.2) is 180 Å². The summed E-state index contributed by atoms with van der Waals surface area (Å²) in [6.07, 6.45) is 0. The Morgan fingerprint density at radius 3 is 1.55 bits per heavy atom. The maximum absolute atomic E-state index is 6.42. The number of benzene rings is 11. The minimum Gasteiger partial charge on any atom is -0.456 e. The molecule has 60 heavy (non-hydrogen) atoms. The first kappa shape index (κ1) is 34.8. The molecule has 0 amide bonds. The molecule has 286 valence electrons. The van der Waals surface area contributed by atoms with Crippen LogP contribution in [-0.2, 0) is 0 Å². The molecule has 0 spiro atoms. The van der Waals surface area contributed by atoms with E-state index in [0.717, 1.165) is 33.3 Å². The highest BCUT2D eigenvalue weighted by Gasteiger charge is 2.21. The van der Waals surface area contributed by atoms with Gasteiger partial charge in [0.2, 0.25) is 0 Å². The van der Waals surface area contributed by atoms with Gasteiger partial charge < -0.3 is 9.32 Å². The monoisotopic (exact) mass is 769 g/mol. The van der Waals surface area contributed by atoms with Crippen LogP contribution in [0.1, 0.15) is 50.7 Å². The van der Waals surface area contributed by atoms with Gasteiger partial charge in [0.1, 0.15) is 11.2 Å². The summed E-state index contributed by atoms with van der Waals surface area (Å²) >= 11 is 0. The van der Waals surface area contributed by atoms with Gasteiger partial charge in [0.05, 0.1) is 5.69 Å². The average Bonchev–Trinajstić information content (AvgIpc) is 3.66. The van der Waals surface area contributed by atoms with E-state index >= 15 is 0 Å². The minimum absolute atomic E-state index is 0.468. The summed E-state index contributed by atoms with van der Waals surface area (Å²) in [5, 5.41) is 17.4. The zero-order valence-corrected chi connectivity index (χ0v) is 34.3. The summed E-state index contributed by atoms with van der Waals surface area (Å²) in [6, 6.07) is 65.8. The van der Waals surface area contributed by atoms with Crippen LogP contribution < -0.4 is 4.90 Å². The first-order chi connectivity index (χ1) is 29.4. The average molecular weight is 770 g/mol. The van der Waals surface area contributed by atoms with Crippen molar-refractivity contribution < 1.29 is 4.42 Å². The van der Waals surface area contributed by atoms with E-state index in [1.807, 2.05) is 6.07 Å². The second kappa shape index (κ2) is 13.2. The molecule has 11 aromatic carbocycles. The van der Waals surface area contributed by atoms with Crippen LogP contribution in [0.4, 0.5) is 17.1 Å². The fraction of sp³-hybridized carbons (Fsp3) is 0.103. The molecule has 0 saturated carbocycles. The normalized spacial score (nSPS) is 12.3. The summed E-state index contributed by atoms with van der Waals surface area (Å²) in [5.41, 5.74) is 10.5. The van der Waals surface area contributed by atoms with E-state index in [1.165, 1.54) is 92.6 Å². The fourth-order valence-electron chi connectivity index (χ4n) is 10.0. The van der Waals surface area contributed by atoms with Crippen molar-refractivity contribution in [1.82, 2.24) is 0 Å². The number of anilines is 3. The molecular formula is C58H43NO. The zero-order chi connectivity index (χ0) is 40.2. The molecule has 0 N–H and O–H groups in total. The van der Waals surface area contributed by atoms with Crippen LogP contribution in [0.25, 0.3) is 97.7 Å². The van der Waals surface area contributed by atoms with Crippen LogP contribution >= 0.6 is 0 Å². The first-order valence-electron chi connectivity index (χ1n) is 21.3.